The molecule has 3 aromatic carbocycles. The number of rotatable bonds is 12. The molecule has 2 aromatic heterocycles. The van der Waals surface area contributed by atoms with E-state index in [-0.39, 0.29) is 41.9 Å². The number of H-pyrrole nitrogens is 2. The van der Waals surface area contributed by atoms with Gasteiger partial charge in [-0.1, -0.05) is 45.4 Å². The molecule has 2 unspecified atom stereocenters. The largest absolute Gasteiger partial charge is 0.488 e. The summed E-state index contributed by atoms with van der Waals surface area (Å²) in [7, 11) is 2.65. The lowest BCUT2D eigenvalue weighted by Gasteiger charge is -2.41. The van der Waals surface area contributed by atoms with Crippen molar-refractivity contribution < 1.29 is 38.4 Å². The van der Waals surface area contributed by atoms with E-state index >= 15 is 0 Å². The number of nitrogens with zero attached hydrogens (tertiary/aromatic N) is 4. The zero-order valence-corrected chi connectivity index (χ0v) is 38.2. The number of nitrogens with one attached hydrogen (secondary N) is 4. The molecule has 0 aliphatic carbocycles. The minimum absolute atomic E-state index is 0.0245. The molecule has 3 saturated heterocycles. The van der Waals surface area contributed by atoms with Crippen LogP contribution >= 0.6 is 0 Å². The topological polar surface area (TPSA) is 196 Å². The number of alkyl carbamates (subject to hydrolysis) is 2. The maximum absolute atomic E-state index is 14.2. The molecule has 16 heteroatoms. The van der Waals surface area contributed by atoms with Crippen molar-refractivity contribution in [3.05, 3.63) is 65.9 Å². The molecule has 3 amide bonds. The summed E-state index contributed by atoms with van der Waals surface area (Å²) >= 11 is 0. The Labute approximate surface area is 379 Å². The molecule has 65 heavy (non-hydrogen) atoms. The molecule has 0 bridgehead atoms. The molecule has 346 valence electrons. The SMILES string of the molecule is CC[C@H]1CC[C@@H](c2ncc(-c3ccc4c(c3)COc3cc5c(ccc6[nH]c([C@@H]7CC[C@H](C)N7C(=O)[C@@H](NC(=O)OC)[C@@H](C)CC)nc65)cc3-4)[nH]2)N1C(O)C(NC(=O)OC)C1CCOCC1. The fourth-order valence-electron chi connectivity index (χ4n) is 10.8. The van der Waals surface area contributed by atoms with Crippen LogP contribution in [0.1, 0.15) is 108 Å². The molecule has 4 aliphatic rings. The van der Waals surface area contributed by atoms with Gasteiger partial charge in [0.1, 0.15) is 36.3 Å². The second-order valence-corrected chi connectivity index (χ2v) is 18.3. The Morgan fingerprint density at radius 2 is 1.68 bits per heavy atom. The predicted molar refractivity (Wildman–Crippen MR) is 245 cm³/mol. The number of fused-ring (bicyclic) bond motifs is 6. The van der Waals surface area contributed by atoms with Gasteiger partial charge in [0.15, 0.2) is 0 Å². The summed E-state index contributed by atoms with van der Waals surface area (Å²) in [6.07, 6.45) is 6.11. The third-order valence-electron chi connectivity index (χ3n) is 14.7. The van der Waals surface area contributed by atoms with Gasteiger partial charge in [0.25, 0.3) is 0 Å². The lowest BCUT2D eigenvalue weighted by atomic mass is 9.89. The van der Waals surface area contributed by atoms with Crippen molar-refractivity contribution in [2.24, 2.45) is 11.8 Å². The number of aromatic amines is 2. The van der Waals surface area contributed by atoms with Gasteiger partial charge >= 0.3 is 12.2 Å². The normalized spacial score (nSPS) is 23.0. The number of amides is 3. The van der Waals surface area contributed by atoms with Crippen molar-refractivity contribution in [3.8, 4) is 28.1 Å². The average molecular weight is 891 g/mol. The van der Waals surface area contributed by atoms with Crippen molar-refractivity contribution in [2.45, 2.75) is 128 Å². The quantitative estimate of drug-likeness (QED) is 0.0818. The van der Waals surface area contributed by atoms with E-state index in [1.807, 2.05) is 31.0 Å². The second kappa shape index (κ2) is 18.6. The lowest BCUT2D eigenvalue weighted by Crippen LogP contribution is -2.57. The van der Waals surface area contributed by atoms with Crippen LogP contribution in [0.3, 0.4) is 0 Å². The van der Waals surface area contributed by atoms with Gasteiger partial charge in [-0.3, -0.25) is 9.69 Å². The number of aliphatic hydroxyl groups excluding tert-OH is 1. The Balaban J connectivity index is 0.964. The van der Waals surface area contributed by atoms with E-state index < -0.39 is 30.5 Å². The Morgan fingerprint density at radius 3 is 2.43 bits per heavy atom. The highest BCUT2D eigenvalue weighted by atomic mass is 16.5. The monoisotopic (exact) mass is 890 g/mol. The van der Waals surface area contributed by atoms with E-state index in [1.54, 1.807) is 0 Å². The summed E-state index contributed by atoms with van der Waals surface area (Å²) in [5.74, 6) is 2.12. The zero-order chi connectivity index (χ0) is 45.5. The molecule has 9 rings (SSSR count). The minimum atomic E-state index is -0.936. The van der Waals surface area contributed by atoms with Gasteiger partial charge in [-0.05, 0) is 110 Å². The van der Waals surface area contributed by atoms with E-state index in [9.17, 15) is 19.5 Å². The molecule has 0 spiro atoms. The summed E-state index contributed by atoms with van der Waals surface area (Å²) in [6, 6.07) is 13.2. The van der Waals surface area contributed by atoms with Gasteiger partial charge in [0.2, 0.25) is 5.91 Å². The molecule has 0 radical (unpaired) electrons. The highest BCUT2D eigenvalue weighted by Gasteiger charge is 2.45. The van der Waals surface area contributed by atoms with Crippen molar-refractivity contribution >= 4 is 39.9 Å². The first-order chi connectivity index (χ1) is 31.5. The molecule has 5 aromatic rings. The summed E-state index contributed by atoms with van der Waals surface area (Å²) < 4.78 is 22.0. The number of imidazole rings is 2. The van der Waals surface area contributed by atoms with Crippen LogP contribution in [0.25, 0.3) is 44.2 Å². The Morgan fingerprint density at radius 1 is 0.908 bits per heavy atom. The number of methoxy groups -OCH3 is 2. The van der Waals surface area contributed by atoms with Gasteiger partial charge in [-0.2, -0.15) is 0 Å². The number of aliphatic hydroxyl groups is 1. The van der Waals surface area contributed by atoms with Gasteiger partial charge in [0, 0.05) is 36.2 Å². The number of aromatic nitrogens is 4. The highest BCUT2D eigenvalue weighted by Crippen LogP contribution is 2.45. The first-order valence-corrected chi connectivity index (χ1v) is 23.3. The Bertz CT molecular complexity index is 2550. The van der Waals surface area contributed by atoms with Crippen LogP contribution in [0.15, 0.2) is 48.7 Å². The van der Waals surface area contributed by atoms with Crippen LogP contribution in [0.4, 0.5) is 9.59 Å². The van der Waals surface area contributed by atoms with Crippen molar-refractivity contribution in [1.29, 1.82) is 0 Å². The first-order valence-electron chi connectivity index (χ1n) is 23.3. The van der Waals surface area contributed by atoms with E-state index in [2.05, 4.69) is 75.7 Å². The number of carbonyl (C=O) groups excluding carboxylic acids is 3. The van der Waals surface area contributed by atoms with Crippen LogP contribution in [0.2, 0.25) is 0 Å². The third kappa shape index (κ3) is 8.40. The highest BCUT2D eigenvalue weighted by molar-refractivity contribution is 6.07. The van der Waals surface area contributed by atoms with Crippen molar-refractivity contribution in [3.63, 3.8) is 0 Å². The minimum Gasteiger partial charge on any atom is -0.488 e. The van der Waals surface area contributed by atoms with Crippen LogP contribution in [0.5, 0.6) is 5.75 Å². The van der Waals surface area contributed by atoms with Gasteiger partial charge in [-0.15, -0.1) is 0 Å². The van der Waals surface area contributed by atoms with E-state index in [4.69, 9.17) is 28.9 Å². The third-order valence-corrected chi connectivity index (χ3v) is 14.7. The number of ether oxygens (including phenoxy) is 4. The molecule has 3 fully saturated rings. The van der Waals surface area contributed by atoms with Crippen molar-refractivity contribution in [1.82, 2.24) is 40.4 Å². The lowest BCUT2D eigenvalue weighted by molar-refractivity contribution is -0.137. The number of likely N-dealkylation sites (tertiary alicyclic amines) is 2. The molecule has 6 heterocycles. The number of carbonyl (C=O) groups is 3. The van der Waals surface area contributed by atoms with Crippen molar-refractivity contribution in [2.75, 3.05) is 27.4 Å². The average Bonchev–Trinajstić information content (AvgIpc) is 4.17. The fraction of sp³-hybridized carbons (Fsp3) is 0.531. The van der Waals surface area contributed by atoms with Gasteiger partial charge < -0.3 is 49.6 Å². The molecule has 0 saturated carbocycles. The number of hydrogen-bond acceptors (Lipinski definition) is 11. The Kier molecular flexibility index (Phi) is 12.8. The van der Waals surface area contributed by atoms with E-state index in [0.29, 0.717) is 19.8 Å². The summed E-state index contributed by atoms with van der Waals surface area (Å²) in [4.78, 5) is 60.2. The van der Waals surface area contributed by atoms with Crippen LogP contribution in [-0.4, -0.2) is 111 Å². The Hall–Kier alpha value is -5.71. The fourth-order valence-corrected chi connectivity index (χ4v) is 10.8. The van der Waals surface area contributed by atoms with Gasteiger partial charge in [0.05, 0.1) is 55.3 Å². The molecule has 5 N–H and O–H groups in total. The number of benzene rings is 3. The maximum atomic E-state index is 14.2. The predicted octanol–water partition coefficient (Wildman–Crippen LogP) is 7.87. The molecule has 4 aliphatic heterocycles. The van der Waals surface area contributed by atoms with E-state index in [1.165, 1.54) is 14.2 Å². The van der Waals surface area contributed by atoms with Crippen LogP contribution < -0.4 is 15.4 Å². The van der Waals surface area contributed by atoms with E-state index in [0.717, 1.165) is 119 Å². The standard InChI is InChI=1S/C49H62N8O8/c1-7-26(3)41(54-48(60)62-5)46(58)56-27(4)9-15-39(56)45-51-36-14-11-29-22-35-33-13-10-30(21-31(33)25-65-40(35)23-34(29)43(36)53-45)37-24-50-44(52-37)38-16-12-32(8-2)57(38)47(59)42(55-49(61)63-6)28-17-19-64-20-18-28/h10-11,13-14,21-24,26-28,32,38-39,41-42,47,59H,7-9,12,15-20,25H2,1-6H3,(H,50,52)(H,51,53)(H,54,60)(H,55,61)/t26-,27-,32-,38-,39-,41-,42?,47?/m0/s1. The molecule has 16 nitrogen and oxygen atoms in total. The molecule has 8 atom stereocenters. The second-order valence-electron chi connectivity index (χ2n) is 18.3. The number of hydrogen-bond donors (Lipinski definition) is 5. The summed E-state index contributed by atoms with van der Waals surface area (Å²) in [6.45, 7) is 9.73. The maximum Gasteiger partial charge on any atom is 0.407 e. The van der Waals surface area contributed by atoms with Crippen LogP contribution in [0, 0.1) is 11.8 Å². The van der Waals surface area contributed by atoms with Crippen LogP contribution in [-0.2, 0) is 25.6 Å². The smallest absolute Gasteiger partial charge is 0.407 e. The summed E-state index contributed by atoms with van der Waals surface area (Å²) in [5, 5.41) is 19.8. The summed E-state index contributed by atoms with van der Waals surface area (Å²) in [5.41, 5.74) is 6.71. The first kappa shape index (κ1) is 44.5. The van der Waals surface area contributed by atoms with Gasteiger partial charge in [-0.25, -0.2) is 19.6 Å². The molecular formula is C49H62N8O8. The zero-order valence-electron chi connectivity index (χ0n) is 38.2. The molecular weight excluding hydrogens is 829 g/mol.